The molecular formula is C16H24ClNO. The van der Waals surface area contributed by atoms with Crippen LogP contribution in [0.1, 0.15) is 45.0 Å². The van der Waals surface area contributed by atoms with Gasteiger partial charge in [-0.05, 0) is 37.0 Å². The van der Waals surface area contributed by atoms with Crippen LogP contribution in [-0.2, 0) is 0 Å². The third-order valence-electron chi connectivity index (χ3n) is 2.87. The lowest BCUT2D eigenvalue weighted by Crippen LogP contribution is -2.31. The molecule has 0 aliphatic carbocycles. The van der Waals surface area contributed by atoms with Crippen LogP contribution in [0, 0.1) is 11.8 Å². The lowest BCUT2D eigenvalue weighted by atomic mass is 10.1. The van der Waals surface area contributed by atoms with Crippen molar-refractivity contribution >= 4 is 23.1 Å². The van der Waals surface area contributed by atoms with Gasteiger partial charge in [-0.15, -0.1) is 0 Å². The van der Waals surface area contributed by atoms with Gasteiger partial charge >= 0.3 is 0 Å². The fourth-order valence-electron chi connectivity index (χ4n) is 2.15. The molecule has 0 aliphatic rings. The molecule has 0 N–H and O–H groups in total. The standard InChI is InChI=1S/C16H24ClNO/c1-11(2)9-18(10-12(3)4)14-6-7-15(13(5)19)16(17)8-14/h6-8,11-12H,9-10H2,1-5H3. The highest BCUT2D eigenvalue weighted by atomic mass is 35.5. The topological polar surface area (TPSA) is 20.3 Å². The molecule has 1 aromatic rings. The summed E-state index contributed by atoms with van der Waals surface area (Å²) < 4.78 is 0. The predicted molar refractivity (Wildman–Crippen MR) is 83.3 cm³/mol. The largest absolute Gasteiger partial charge is 0.371 e. The Hall–Kier alpha value is -1.02. The number of nitrogens with zero attached hydrogens (tertiary/aromatic N) is 1. The number of anilines is 1. The van der Waals surface area contributed by atoms with E-state index in [1.807, 2.05) is 18.2 Å². The number of hydrogen-bond acceptors (Lipinski definition) is 2. The SMILES string of the molecule is CC(=O)c1ccc(N(CC(C)C)CC(C)C)cc1Cl. The average molecular weight is 282 g/mol. The van der Waals surface area contributed by atoms with Gasteiger partial charge in [0.05, 0.1) is 5.02 Å². The van der Waals surface area contributed by atoms with Gasteiger partial charge in [0.25, 0.3) is 0 Å². The summed E-state index contributed by atoms with van der Waals surface area (Å²) in [7, 11) is 0. The zero-order chi connectivity index (χ0) is 14.6. The highest BCUT2D eigenvalue weighted by molar-refractivity contribution is 6.34. The Bertz CT molecular complexity index is 430. The number of carbonyl (C=O) groups excluding carboxylic acids is 1. The molecule has 19 heavy (non-hydrogen) atoms. The normalized spacial score (nSPS) is 11.2. The Morgan fingerprint density at radius 2 is 1.68 bits per heavy atom. The summed E-state index contributed by atoms with van der Waals surface area (Å²) in [6.45, 7) is 12.4. The summed E-state index contributed by atoms with van der Waals surface area (Å²) in [5, 5.41) is 0.544. The van der Waals surface area contributed by atoms with Crippen LogP contribution in [0.5, 0.6) is 0 Å². The van der Waals surface area contributed by atoms with Crippen LogP contribution < -0.4 is 4.90 Å². The van der Waals surface area contributed by atoms with Crippen LogP contribution in [0.3, 0.4) is 0 Å². The van der Waals surface area contributed by atoms with E-state index in [9.17, 15) is 4.79 Å². The summed E-state index contributed by atoms with van der Waals surface area (Å²) in [4.78, 5) is 13.7. The van der Waals surface area contributed by atoms with Crippen molar-refractivity contribution in [2.24, 2.45) is 11.8 Å². The molecule has 1 rings (SSSR count). The molecule has 0 radical (unpaired) electrons. The monoisotopic (exact) mass is 281 g/mol. The molecule has 0 heterocycles. The number of carbonyl (C=O) groups is 1. The lowest BCUT2D eigenvalue weighted by molar-refractivity contribution is 0.101. The van der Waals surface area contributed by atoms with E-state index in [-0.39, 0.29) is 5.78 Å². The van der Waals surface area contributed by atoms with E-state index in [0.717, 1.165) is 18.8 Å². The molecule has 2 nitrogen and oxygen atoms in total. The van der Waals surface area contributed by atoms with Crippen LogP contribution in [-0.4, -0.2) is 18.9 Å². The van der Waals surface area contributed by atoms with Crippen molar-refractivity contribution in [2.45, 2.75) is 34.6 Å². The Kier molecular flexibility index (Phi) is 5.86. The van der Waals surface area contributed by atoms with Crippen LogP contribution in [0.15, 0.2) is 18.2 Å². The first-order valence-corrected chi connectivity index (χ1v) is 7.24. The molecule has 1 aromatic carbocycles. The second-order valence-corrected chi connectivity index (χ2v) is 6.32. The molecule has 0 aromatic heterocycles. The molecule has 0 aliphatic heterocycles. The van der Waals surface area contributed by atoms with Crippen molar-refractivity contribution in [1.29, 1.82) is 0 Å². The maximum atomic E-state index is 11.4. The van der Waals surface area contributed by atoms with Crippen molar-refractivity contribution in [3.8, 4) is 0 Å². The number of hydrogen-bond donors (Lipinski definition) is 0. The van der Waals surface area contributed by atoms with E-state index < -0.39 is 0 Å². The van der Waals surface area contributed by atoms with Gasteiger partial charge < -0.3 is 4.90 Å². The van der Waals surface area contributed by atoms with Crippen LogP contribution in [0.4, 0.5) is 5.69 Å². The summed E-state index contributed by atoms with van der Waals surface area (Å²) in [5.74, 6) is 1.19. The summed E-state index contributed by atoms with van der Waals surface area (Å²) in [6, 6.07) is 5.73. The quantitative estimate of drug-likeness (QED) is 0.707. The molecule has 0 amide bonds. The summed E-state index contributed by atoms with van der Waals surface area (Å²) in [5.41, 5.74) is 1.69. The number of ketones is 1. The van der Waals surface area contributed by atoms with E-state index >= 15 is 0 Å². The van der Waals surface area contributed by atoms with Crippen LogP contribution >= 0.6 is 11.6 Å². The molecular weight excluding hydrogens is 258 g/mol. The van der Waals surface area contributed by atoms with Gasteiger partial charge in [0.15, 0.2) is 5.78 Å². The molecule has 0 atom stereocenters. The van der Waals surface area contributed by atoms with E-state index in [4.69, 9.17) is 11.6 Å². The van der Waals surface area contributed by atoms with Crippen LogP contribution in [0.2, 0.25) is 5.02 Å². The lowest BCUT2D eigenvalue weighted by Gasteiger charge is -2.29. The van der Waals surface area contributed by atoms with Gasteiger partial charge in [-0.3, -0.25) is 4.79 Å². The first kappa shape index (κ1) is 16.0. The van der Waals surface area contributed by atoms with E-state index in [2.05, 4.69) is 32.6 Å². The van der Waals surface area contributed by atoms with Crippen molar-refractivity contribution in [3.63, 3.8) is 0 Å². The maximum absolute atomic E-state index is 11.4. The van der Waals surface area contributed by atoms with E-state index in [0.29, 0.717) is 22.4 Å². The molecule has 106 valence electrons. The van der Waals surface area contributed by atoms with Gasteiger partial charge in [-0.2, -0.15) is 0 Å². The Morgan fingerprint density at radius 1 is 1.16 bits per heavy atom. The van der Waals surface area contributed by atoms with Crippen LogP contribution in [0.25, 0.3) is 0 Å². The zero-order valence-electron chi connectivity index (χ0n) is 12.5. The Balaban J connectivity index is 3.02. The predicted octanol–water partition coefficient (Wildman–Crippen LogP) is 4.66. The molecule has 0 unspecified atom stereocenters. The van der Waals surface area contributed by atoms with Crippen molar-refractivity contribution in [2.75, 3.05) is 18.0 Å². The smallest absolute Gasteiger partial charge is 0.161 e. The van der Waals surface area contributed by atoms with Crippen molar-refractivity contribution in [3.05, 3.63) is 28.8 Å². The highest BCUT2D eigenvalue weighted by Crippen LogP contribution is 2.25. The minimum Gasteiger partial charge on any atom is -0.371 e. The highest BCUT2D eigenvalue weighted by Gasteiger charge is 2.13. The second-order valence-electron chi connectivity index (χ2n) is 5.91. The van der Waals surface area contributed by atoms with Gasteiger partial charge in [-0.1, -0.05) is 39.3 Å². The third kappa shape index (κ3) is 4.87. The minimum absolute atomic E-state index is 0.0100. The van der Waals surface area contributed by atoms with Gasteiger partial charge in [0.2, 0.25) is 0 Å². The maximum Gasteiger partial charge on any atom is 0.161 e. The van der Waals surface area contributed by atoms with Gasteiger partial charge in [-0.25, -0.2) is 0 Å². The Morgan fingerprint density at radius 3 is 2.05 bits per heavy atom. The molecule has 0 saturated carbocycles. The van der Waals surface area contributed by atoms with E-state index in [1.54, 1.807) is 6.92 Å². The fourth-order valence-corrected chi connectivity index (χ4v) is 2.46. The molecule has 0 saturated heterocycles. The first-order valence-electron chi connectivity index (χ1n) is 6.86. The van der Waals surface area contributed by atoms with Gasteiger partial charge in [0.1, 0.15) is 0 Å². The molecule has 0 bridgehead atoms. The van der Waals surface area contributed by atoms with E-state index in [1.165, 1.54) is 0 Å². The minimum atomic E-state index is 0.0100. The van der Waals surface area contributed by atoms with Crippen molar-refractivity contribution < 1.29 is 4.79 Å². The van der Waals surface area contributed by atoms with Crippen molar-refractivity contribution in [1.82, 2.24) is 0 Å². The molecule has 3 heteroatoms. The number of rotatable bonds is 6. The molecule has 0 spiro atoms. The van der Waals surface area contributed by atoms with Gasteiger partial charge in [0, 0.05) is 24.3 Å². The molecule has 0 fully saturated rings. The fraction of sp³-hybridized carbons (Fsp3) is 0.562. The number of halogens is 1. The summed E-state index contributed by atoms with van der Waals surface area (Å²) in [6.07, 6.45) is 0. The second kappa shape index (κ2) is 6.95. The third-order valence-corrected chi connectivity index (χ3v) is 3.18. The number of Topliss-reactive ketones (excluding diaryl/α,β-unsaturated/α-hetero) is 1. The summed E-state index contributed by atoms with van der Waals surface area (Å²) >= 11 is 6.19. The number of benzene rings is 1. The zero-order valence-corrected chi connectivity index (χ0v) is 13.3. The average Bonchev–Trinajstić information content (AvgIpc) is 2.26. The first-order chi connectivity index (χ1) is 8.81. The Labute approximate surface area is 121 Å².